The molecule has 21 rings (SSSR count). The Kier molecular flexibility index (Phi) is 13.2. The van der Waals surface area contributed by atoms with Crippen molar-refractivity contribution in [1.29, 1.82) is 0 Å². The Bertz CT molecular complexity index is 5960. The van der Waals surface area contributed by atoms with E-state index in [4.69, 9.17) is 0 Å². The lowest BCUT2D eigenvalue weighted by atomic mass is 9.33. The quantitative estimate of drug-likeness (QED) is 0.126. The van der Waals surface area contributed by atoms with Crippen LogP contribution in [0, 0.1) is 0 Å². The monoisotopic (exact) mass is 1310 g/mol. The van der Waals surface area contributed by atoms with Crippen molar-refractivity contribution in [1.82, 2.24) is 0 Å². The average Bonchev–Trinajstić information content (AvgIpc) is 1.34. The predicted octanol–water partition coefficient (Wildman–Crippen LogP) is 23.5. The maximum atomic E-state index is 2.79. The molecule has 3 heterocycles. The van der Waals surface area contributed by atoms with Gasteiger partial charge in [0.05, 0.1) is 32.6 Å². The minimum Gasteiger partial charge on any atom is -0.310 e. The van der Waals surface area contributed by atoms with Gasteiger partial charge in [0, 0.05) is 54.8 Å². The molecular weight excluding hydrogens is 1250 g/mol. The summed E-state index contributed by atoms with van der Waals surface area (Å²) in [6.45, 7) is -0.308. The van der Waals surface area contributed by atoms with E-state index in [1.54, 1.807) is 0 Å². The minimum absolute atomic E-state index is 0.308. The number of rotatable bonds is 10. The highest BCUT2D eigenvalue weighted by Gasteiger charge is 2.54. The Labute approximate surface area is 598 Å². The largest absolute Gasteiger partial charge is 0.310 e. The summed E-state index contributed by atoms with van der Waals surface area (Å²) in [4.78, 5) is 5.55. The number of fused-ring (bicyclic) bond motifs is 14. The van der Waals surface area contributed by atoms with Crippen LogP contribution in [0.1, 0.15) is 44.5 Å². The van der Waals surface area contributed by atoms with Crippen molar-refractivity contribution in [3.63, 3.8) is 0 Å². The highest BCUT2D eigenvalue weighted by atomic mass is 32.1. The zero-order valence-electron chi connectivity index (χ0n) is 55.8. The molecule has 0 N–H and O–H groups in total. The molecule has 102 heavy (non-hydrogen) atoms. The molecule has 4 heteroatoms. The maximum absolute atomic E-state index is 2.79. The van der Waals surface area contributed by atoms with Crippen LogP contribution in [-0.4, -0.2) is 6.71 Å². The van der Waals surface area contributed by atoms with Gasteiger partial charge in [-0.15, -0.1) is 11.3 Å². The van der Waals surface area contributed by atoms with E-state index in [0.29, 0.717) is 0 Å². The summed E-state index contributed by atoms with van der Waals surface area (Å²) in [7, 11) is 0. The van der Waals surface area contributed by atoms with E-state index in [1.165, 1.54) is 109 Å². The van der Waals surface area contributed by atoms with Crippen LogP contribution in [-0.2, 0) is 10.8 Å². The number of para-hydroxylation sites is 2. The molecule has 1 aromatic heterocycles. The number of nitrogens with zero attached hydrogens (tertiary/aromatic N) is 2. The molecule has 0 bridgehead atoms. The van der Waals surface area contributed by atoms with E-state index >= 15 is 0 Å². The van der Waals surface area contributed by atoms with Crippen LogP contribution in [0.3, 0.4) is 0 Å². The molecule has 16 aromatic carbocycles. The van der Waals surface area contributed by atoms with Crippen molar-refractivity contribution in [2.24, 2.45) is 0 Å². The molecule has 2 aliphatic carbocycles. The first-order valence-corrected chi connectivity index (χ1v) is 36.3. The van der Waals surface area contributed by atoms with Crippen LogP contribution < -0.4 is 26.2 Å². The maximum Gasteiger partial charge on any atom is 0.252 e. The second-order valence-corrected chi connectivity index (χ2v) is 28.6. The third kappa shape index (κ3) is 8.30. The van der Waals surface area contributed by atoms with Crippen molar-refractivity contribution >= 4 is 88.7 Å². The van der Waals surface area contributed by atoms with Gasteiger partial charge in [0.2, 0.25) is 0 Å². The van der Waals surface area contributed by atoms with Crippen molar-refractivity contribution in [2.75, 3.05) is 9.80 Å². The van der Waals surface area contributed by atoms with E-state index < -0.39 is 10.8 Å². The fraction of sp³-hybridized carbons (Fsp3) is 0.0204. The number of benzene rings is 16. The zero-order valence-corrected chi connectivity index (χ0v) is 56.6. The summed E-state index contributed by atoms with van der Waals surface area (Å²) in [5, 5.41) is 2.45. The molecule has 0 amide bonds. The second kappa shape index (κ2) is 23.0. The molecule has 0 spiro atoms. The smallest absolute Gasteiger partial charge is 0.252 e. The summed E-state index contributed by atoms with van der Waals surface area (Å²) in [5.74, 6) is 0. The van der Waals surface area contributed by atoms with Crippen LogP contribution in [0.5, 0.6) is 0 Å². The van der Waals surface area contributed by atoms with Crippen molar-refractivity contribution in [2.45, 2.75) is 10.8 Å². The van der Waals surface area contributed by atoms with E-state index in [0.717, 1.165) is 72.9 Å². The fourth-order valence-electron chi connectivity index (χ4n) is 18.5. The Balaban J connectivity index is 0.999. The van der Waals surface area contributed by atoms with Crippen LogP contribution in [0.25, 0.3) is 86.9 Å². The standard InChI is InChI=1S/C98H63BN2S/c1-9-33-64(34-10-1)72-52-31-53-73(65-35-11-2-12-36-65)93(72)100-88-62-84-79(76-49-25-28-56-82(76)97(84,68-41-17-5-18-42-68)69-43-19-6-20-44-69)59-86(88)99-87-60-80-77-50-26-29-57-83(77)98(70-45-21-7-22-46-70,71-47-23-8-24-48-71)85(80)63-89(87)101(95-92(99)90(100)61-81-78-51-27-30-58-91(78)102-96(81)95)94-74(66-37-13-3-14-38-66)54-32-55-75(94)67-39-15-4-16-40-67/h1-63H. The third-order valence-corrected chi connectivity index (χ3v) is 23.8. The van der Waals surface area contributed by atoms with Gasteiger partial charge in [-0.25, -0.2) is 0 Å². The van der Waals surface area contributed by atoms with E-state index in [1.807, 2.05) is 11.3 Å². The average molecular weight is 1310 g/mol. The normalized spacial score (nSPS) is 13.8. The number of anilines is 6. The summed E-state index contributed by atoms with van der Waals surface area (Å²) in [6, 6.07) is 145. The van der Waals surface area contributed by atoms with Crippen LogP contribution in [0.2, 0.25) is 0 Å². The number of hydrogen-bond acceptors (Lipinski definition) is 3. The van der Waals surface area contributed by atoms with Gasteiger partial charge < -0.3 is 9.80 Å². The van der Waals surface area contributed by atoms with Crippen LogP contribution in [0.15, 0.2) is 382 Å². The second-order valence-electron chi connectivity index (χ2n) is 27.6. The van der Waals surface area contributed by atoms with Gasteiger partial charge in [0.15, 0.2) is 0 Å². The lowest BCUT2D eigenvalue weighted by Gasteiger charge is -2.47. The molecule has 0 atom stereocenters. The van der Waals surface area contributed by atoms with Gasteiger partial charge >= 0.3 is 0 Å². The SMILES string of the molecule is c1ccc(-c2cccc(-c3ccccc3)c2N2c3cc4c(cc3B3c5cc6c(cc5N(c5c(-c7ccccc7)cccc5-c5ccccc5)c5c3c2cc2c5sc3ccccc32)C(c2ccccc2)(c2ccccc2)c2ccccc2-6)-c2ccccc2C4(c2ccccc2)c2ccccc2)cc1. The highest BCUT2D eigenvalue weighted by molar-refractivity contribution is 7.26. The molecule has 0 saturated carbocycles. The summed E-state index contributed by atoms with van der Waals surface area (Å²) in [6.07, 6.45) is 0. The highest BCUT2D eigenvalue weighted by Crippen LogP contribution is 2.63. The molecule has 2 nitrogen and oxygen atoms in total. The topological polar surface area (TPSA) is 6.48 Å². The summed E-state index contributed by atoms with van der Waals surface area (Å²) >= 11 is 1.93. The molecule has 0 radical (unpaired) electrons. The summed E-state index contributed by atoms with van der Waals surface area (Å²) in [5.41, 5.74) is 33.4. The van der Waals surface area contributed by atoms with Crippen molar-refractivity contribution in [3.05, 3.63) is 427 Å². The van der Waals surface area contributed by atoms with E-state index in [2.05, 4.69) is 392 Å². The Morgan fingerprint density at radius 3 is 0.980 bits per heavy atom. The van der Waals surface area contributed by atoms with Gasteiger partial charge in [0.1, 0.15) is 0 Å². The Hall–Kier alpha value is -12.6. The predicted molar refractivity (Wildman–Crippen MR) is 430 cm³/mol. The molecule has 4 aliphatic rings. The van der Waals surface area contributed by atoms with E-state index in [-0.39, 0.29) is 6.71 Å². The Morgan fingerprint density at radius 1 is 0.235 bits per heavy atom. The summed E-state index contributed by atoms with van der Waals surface area (Å²) < 4.78 is 2.49. The lowest BCUT2D eigenvalue weighted by molar-refractivity contribution is 0.768. The third-order valence-electron chi connectivity index (χ3n) is 22.6. The molecule has 474 valence electrons. The fourth-order valence-corrected chi connectivity index (χ4v) is 19.8. The lowest BCUT2D eigenvalue weighted by Crippen LogP contribution is -2.61. The zero-order chi connectivity index (χ0) is 67.0. The van der Waals surface area contributed by atoms with Gasteiger partial charge in [-0.05, 0) is 130 Å². The van der Waals surface area contributed by atoms with Gasteiger partial charge in [-0.2, -0.15) is 0 Å². The Morgan fingerprint density at radius 2 is 0.569 bits per heavy atom. The molecular formula is C98H63BN2S. The first-order chi connectivity index (χ1) is 50.7. The molecule has 17 aromatic rings. The van der Waals surface area contributed by atoms with Gasteiger partial charge in [-0.1, -0.05) is 358 Å². The van der Waals surface area contributed by atoms with Crippen LogP contribution in [0.4, 0.5) is 34.1 Å². The van der Waals surface area contributed by atoms with Gasteiger partial charge in [-0.3, -0.25) is 0 Å². The first-order valence-electron chi connectivity index (χ1n) is 35.5. The first kappa shape index (κ1) is 58.4. The molecule has 2 aliphatic heterocycles. The van der Waals surface area contributed by atoms with Gasteiger partial charge in [0.25, 0.3) is 6.71 Å². The number of thiophene rings is 1. The molecule has 0 saturated heterocycles. The van der Waals surface area contributed by atoms with Crippen molar-refractivity contribution in [3.8, 4) is 66.8 Å². The van der Waals surface area contributed by atoms with E-state index in [9.17, 15) is 0 Å². The van der Waals surface area contributed by atoms with Crippen molar-refractivity contribution < 1.29 is 0 Å². The molecule has 0 unspecified atom stereocenters. The minimum atomic E-state index is -0.704. The molecule has 0 fully saturated rings. The van der Waals surface area contributed by atoms with Crippen LogP contribution >= 0.6 is 11.3 Å². The number of hydrogen-bond donors (Lipinski definition) is 0.